The molecule has 0 unspecified atom stereocenters. The molecule has 0 spiro atoms. The van der Waals surface area contributed by atoms with Crippen LogP contribution in [0.1, 0.15) is 16.7 Å². The van der Waals surface area contributed by atoms with Gasteiger partial charge in [-0.2, -0.15) is 0 Å². The summed E-state index contributed by atoms with van der Waals surface area (Å²) in [5.74, 6) is 1.94. The summed E-state index contributed by atoms with van der Waals surface area (Å²) in [5.41, 5.74) is 3.54. The Balaban J connectivity index is 2.29. The van der Waals surface area contributed by atoms with E-state index in [1.807, 2.05) is 0 Å². The van der Waals surface area contributed by atoms with Crippen LogP contribution in [0.2, 0.25) is 0 Å². The van der Waals surface area contributed by atoms with Crippen molar-refractivity contribution in [1.82, 2.24) is 10.2 Å². The molecule has 19 heavy (non-hydrogen) atoms. The predicted octanol–water partition coefficient (Wildman–Crippen LogP) is 1.73. The van der Waals surface area contributed by atoms with Gasteiger partial charge in [-0.3, -0.25) is 4.90 Å². The molecule has 0 atom stereocenters. The molecule has 4 heteroatoms. The highest BCUT2D eigenvalue weighted by atomic mass is 16.5. The fourth-order valence-electron chi connectivity index (χ4n) is 2.65. The molecule has 0 amide bonds. The second-order valence-corrected chi connectivity index (χ2v) is 5.05. The van der Waals surface area contributed by atoms with Crippen LogP contribution in [-0.2, 0) is 6.54 Å². The molecule has 1 aliphatic heterocycles. The molecule has 1 heterocycles. The number of rotatable bonds is 4. The smallest absolute Gasteiger partial charge is 0.126 e. The van der Waals surface area contributed by atoms with Gasteiger partial charge >= 0.3 is 0 Å². The van der Waals surface area contributed by atoms with Gasteiger partial charge in [0.05, 0.1) is 14.2 Å². The lowest BCUT2D eigenvalue weighted by molar-refractivity contribution is 0.229. The van der Waals surface area contributed by atoms with Crippen LogP contribution in [0.4, 0.5) is 0 Å². The van der Waals surface area contributed by atoms with Crippen LogP contribution in [0, 0.1) is 13.8 Å². The van der Waals surface area contributed by atoms with Gasteiger partial charge in [0.25, 0.3) is 0 Å². The van der Waals surface area contributed by atoms with Crippen molar-refractivity contribution in [3.8, 4) is 11.5 Å². The number of ether oxygens (including phenoxy) is 2. The molecule has 0 radical (unpaired) electrons. The molecule has 0 bridgehead atoms. The Morgan fingerprint density at radius 3 is 2.37 bits per heavy atom. The summed E-state index contributed by atoms with van der Waals surface area (Å²) in [5, 5.41) is 3.37. The molecule has 0 saturated carbocycles. The van der Waals surface area contributed by atoms with Crippen LogP contribution >= 0.6 is 0 Å². The highest BCUT2D eigenvalue weighted by molar-refractivity contribution is 5.52. The topological polar surface area (TPSA) is 33.7 Å². The third-order valence-corrected chi connectivity index (χ3v) is 3.90. The van der Waals surface area contributed by atoms with Crippen LogP contribution < -0.4 is 14.8 Å². The predicted molar refractivity (Wildman–Crippen MR) is 77.2 cm³/mol. The maximum Gasteiger partial charge on any atom is 0.126 e. The molecule has 2 rings (SSSR count). The standard InChI is InChI=1S/C15H24N2O2/c1-11-12(2)15(19-4)13(9-14(11)18-3)10-17-7-5-16-6-8-17/h9,16H,5-8,10H2,1-4H3. The van der Waals surface area contributed by atoms with Crippen molar-refractivity contribution >= 4 is 0 Å². The molecule has 1 aliphatic rings. The zero-order valence-electron chi connectivity index (χ0n) is 12.4. The highest BCUT2D eigenvalue weighted by Gasteiger charge is 2.17. The zero-order chi connectivity index (χ0) is 13.8. The van der Waals surface area contributed by atoms with E-state index in [2.05, 4.69) is 30.1 Å². The number of nitrogens with zero attached hydrogens (tertiary/aromatic N) is 1. The van der Waals surface area contributed by atoms with Gasteiger partial charge in [-0.15, -0.1) is 0 Å². The molecule has 1 aromatic carbocycles. The summed E-state index contributed by atoms with van der Waals surface area (Å²) in [6.07, 6.45) is 0. The molecular formula is C15H24N2O2. The second kappa shape index (κ2) is 6.26. The molecule has 106 valence electrons. The maximum atomic E-state index is 5.60. The van der Waals surface area contributed by atoms with Crippen molar-refractivity contribution in [3.05, 3.63) is 22.8 Å². The zero-order valence-corrected chi connectivity index (χ0v) is 12.4. The summed E-state index contributed by atoms with van der Waals surface area (Å²) in [6, 6.07) is 2.11. The molecule has 1 N–H and O–H groups in total. The van der Waals surface area contributed by atoms with Crippen molar-refractivity contribution < 1.29 is 9.47 Å². The number of methoxy groups -OCH3 is 2. The van der Waals surface area contributed by atoms with E-state index in [1.54, 1.807) is 14.2 Å². The number of hydrogen-bond donors (Lipinski definition) is 1. The molecule has 1 aromatic rings. The Labute approximate surface area is 115 Å². The maximum absolute atomic E-state index is 5.60. The lowest BCUT2D eigenvalue weighted by Crippen LogP contribution is -2.42. The monoisotopic (exact) mass is 264 g/mol. The summed E-state index contributed by atoms with van der Waals surface area (Å²) in [6.45, 7) is 9.37. The number of benzene rings is 1. The fourth-order valence-corrected chi connectivity index (χ4v) is 2.65. The van der Waals surface area contributed by atoms with Gasteiger partial charge in [-0.05, 0) is 31.0 Å². The van der Waals surface area contributed by atoms with Gasteiger partial charge in [0.1, 0.15) is 11.5 Å². The van der Waals surface area contributed by atoms with Gasteiger partial charge in [0.2, 0.25) is 0 Å². The van der Waals surface area contributed by atoms with E-state index in [0.29, 0.717) is 0 Å². The third kappa shape index (κ3) is 3.01. The molecular weight excluding hydrogens is 240 g/mol. The average Bonchev–Trinajstić information content (AvgIpc) is 2.44. The van der Waals surface area contributed by atoms with Crippen LogP contribution in [0.5, 0.6) is 11.5 Å². The van der Waals surface area contributed by atoms with Crippen molar-refractivity contribution in [2.75, 3.05) is 40.4 Å². The summed E-state index contributed by atoms with van der Waals surface area (Å²) in [7, 11) is 3.47. The molecule has 0 aliphatic carbocycles. The van der Waals surface area contributed by atoms with Gasteiger partial charge in [-0.25, -0.2) is 0 Å². The van der Waals surface area contributed by atoms with Gasteiger partial charge < -0.3 is 14.8 Å². The Morgan fingerprint density at radius 2 is 1.79 bits per heavy atom. The first-order valence-electron chi connectivity index (χ1n) is 6.81. The van der Waals surface area contributed by atoms with E-state index in [-0.39, 0.29) is 0 Å². The molecule has 1 saturated heterocycles. The SMILES string of the molecule is COc1cc(CN2CCNCC2)c(OC)c(C)c1C. The molecule has 1 fully saturated rings. The highest BCUT2D eigenvalue weighted by Crippen LogP contribution is 2.34. The van der Waals surface area contributed by atoms with E-state index in [9.17, 15) is 0 Å². The van der Waals surface area contributed by atoms with Gasteiger partial charge in [0.15, 0.2) is 0 Å². The number of nitrogens with one attached hydrogen (secondary N) is 1. The van der Waals surface area contributed by atoms with Crippen molar-refractivity contribution in [2.45, 2.75) is 20.4 Å². The average molecular weight is 264 g/mol. The quantitative estimate of drug-likeness (QED) is 0.898. The van der Waals surface area contributed by atoms with E-state index in [0.717, 1.165) is 49.8 Å². The van der Waals surface area contributed by atoms with Crippen molar-refractivity contribution in [1.29, 1.82) is 0 Å². The minimum Gasteiger partial charge on any atom is -0.496 e. The Morgan fingerprint density at radius 1 is 1.11 bits per heavy atom. The van der Waals surface area contributed by atoms with Crippen molar-refractivity contribution in [2.24, 2.45) is 0 Å². The van der Waals surface area contributed by atoms with E-state index >= 15 is 0 Å². The minimum absolute atomic E-state index is 0.919. The van der Waals surface area contributed by atoms with E-state index in [4.69, 9.17) is 9.47 Å². The first-order chi connectivity index (χ1) is 9.17. The third-order valence-electron chi connectivity index (χ3n) is 3.90. The van der Waals surface area contributed by atoms with Crippen LogP contribution in [0.15, 0.2) is 6.07 Å². The summed E-state index contributed by atoms with van der Waals surface area (Å²) in [4.78, 5) is 2.45. The Hall–Kier alpha value is -1.26. The summed E-state index contributed by atoms with van der Waals surface area (Å²) >= 11 is 0. The lowest BCUT2D eigenvalue weighted by atomic mass is 10.0. The number of hydrogen-bond acceptors (Lipinski definition) is 4. The lowest BCUT2D eigenvalue weighted by Gasteiger charge is -2.28. The normalized spacial score (nSPS) is 16.4. The van der Waals surface area contributed by atoms with Crippen molar-refractivity contribution in [3.63, 3.8) is 0 Å². The van der Waals surface area contributed by atoms with Crippen LogP contribution in [-0.4, -0.2) is 45.3 Å². The number of piperazine rings is 1. The largest absolute Gasteiger partial charge is 0.496 e. The van der Waals surface area contributed by atoms with Gasteiger partial charge in [-0.1, -0.05) is 0 Å². The van der Waals surface area contributed by atoms with E-state index in [1.165, 1.54) is 11.1 Å². The van der Waals surface area contributed by atoms with Gasteiger partial charge in [0, 0.05) is 38.3 Å². The minimum atomic E-state index is 0.919. The molecule has 0 aromatic heterocycles. The fraction of sp³-hybridized carbons (Fsp3) is 0.600. The summed E-state index contributed by atoms with van der Waals surface area (Å²) < 4.78 is 11.1. The van der Waals surface area contributed by atoms with E-state index < -0.39 is 0 Å². The molecule has 4 nitrogen and oxygen atoms in total. The Bertz CT molecular complexity index is 440. The first kappa shape index (κ1) is 14.2. The first-order valence-corrected chi connectivity index (χ1v) is 6.81. The van der Waals surface area contributed by atoms with Crippen LogP contribution in [0.3, 0.4) is 0 Å². The second-order valence-electron chi connectivity index (χ2n) is 5.05. The van der Waals surface area contributed by atoms with Crippen LogP contribution in [0.25, 0.3) is 0 Å². The Kier molecular flexibility index (Phi) is 4.66.